The van der Waals surface area contributed by atoms with Gasteiger partial charge in [-0.2, -0.15) is 0 Å². The molecule has 2 heterocycles. The van der Waals surface area contributed by atoms with Gasteiger partial charge in [0.25, 0.3) is 0 Å². The van der Waals surface area contributed by atoms with Crippen molar-refractivity contribution in [2.75, 3.05) is 0 Å². The van der Waals surface area contributed by atoms with Crippen LogP contribution in [-0.4, -0.2) is 9.38 Å². The molecular weight excluding hydrogens is 292 g/mol. The van der Waals surface area contributed by atoms with Gasteiger partial charge in [-0.15, -0.1) is 0 Å². The number of nitrogens with zero attached hydrogens (tertiary/aromatic N) is 2. The molecule has 0 unspecified atom stereocenters. The number of benzene rings is 2. The molecule has 0 aliphatic heterocycles. The van der Waals surface area contributed by atoms with E-state index >= 15 is 0 Å². The van der Waals surface area contributed by atoms with Gasteiger partial charge in [-0.1, -0.05) is 54.1 Å². The molecule has 0 radical (unpaired) electrons. The van der Waals surface area contributed by atoms with Gasteiger partial charge in [0.2, 0.25) is 0 Å². The normalized spacial score (nSPS) is 11.7. The van der Waals surface area contributed by atoms with Crippen molar-refractivity contribution in [1.29, 1.82) is 0 Å². The van der Waals surface area contributed by atoms with Crippen LogP contribution in [0.15, 0.2) is 67.0 Å². The van der Waals surface area contributed by atoms with Gasteiger partial charge in [-0.25, -0.2) is 4.98 Å². The van der Waals surface area contributed by atoms with Crippen molar-refractivity contribution >= 4 is 40.2 Å². The van der Waals surface area contributed by atoms with E-state index in [9.17, 15) is 0 Å². The van der Waals surface area contributed by atoms with Gasteiger partial charge in [-0.3, -0.25) is 0 Å². The Hall–Kier alpha value is -2.58. The standard InChI is InChI=1S/C19H13ClN2/c20-16-8-5-14(6-9-16)7-10-17-13-22-12-11-15-3-1-2-4-18(15)19(22)21-17/h1-13H/b10-7+. The molecule has 0 N–H and O–H groups in total. The maximum atomic E-state index is 5.90. The predicted octanol–water partition coefficient (Wildman–Crippen LogP) is 5.31. The minimum absolute atomic E-state index is 0.747. The van der Waals surface area contributed by atoms with Gasteiger partial charge >= 0.3 is 0 Å². The van der Waals surface area contributed by atoms with Crippen LogP contribution in [0.2, 0.25) is 5.02 Å². The third kappa shape index (κ3) is 2.38. The monoisotopic (exact) mass is 304 g/mol. The molecule has 0 bridgehead atoms. The van der Waals surface area contributed by atoms with E-state index in [1.165, 1.54) is 5.39 Å². The summed E-state index contributed by atoms with van der Waals surface area (Å²) in [5, 5.41) is 3.11. The SMILES string of the molecule is Clc1ccc(/C=C/c2cn3ccc4ccccc4c3n2)cc1. The number of fused-ring (bicyclic) bond motifs is 3. The maximum Gasteiger partial charge on any atom is 0.145 e. The average molecular weight is 305 g/mol. The lowest BCUT2D eigenvalue weighted by molar-refractivity contribution is 1.20. The molecule has 3 heteroatoms. The molecular formula is C19H13ClN2. The highest BCUT2D eigenvalue weighted by Crippen LogP contribution is 2.20. The zero-order valence-corrected chi connectivity index (χ0v) is 12.5. The minimum Gasteiger partial charge on any atom is -0.306 e. The maximum absolute atomic E-state index is 5.90. The molecule has 0 saturated heterocycles. The van der Waals surface area contributed by atoms with E-state index in [1.807, 2.05) is 60.9 Å². The Bertz CT molecular complexity index is 981. The summed E-state index contributed by atoms with van der Waals surface area (Å²) in [6.45, 7) is 0. The van der Waals surface area contributed by atoms with E-state index in [0.717, 1.165) is 27.3 Å². The summed E-state index contributed by atoms with van der Waals surface area (Å²) in [4.78, 5) is 4.72. The van der Waals surface area contributed by atoms with Crippen LogP contribution in [0.5, 0.6) is 0 Å². The number of hydrogen-bond acceptors (Lipinski definition) is 1. The first-order valence-electron chi connectivity index (χ1n) is 7.10. The zero-order valence-electron chi connectivity index (χ0n) is 11.8. The molecule has 22 heavy (non-hydrogen) atoms. The van der Waals surface area contributed by atoms with Gasteiger partial charge in [-0.05, 0) is 35.2 Å². The van der Waals surface area contributed by atoms with Crippen LogP contribution < -0.4 is 0 Å². The molecule has 0 aliphatic rings. The largest absolute Gasteiger partial charge is 0.306 e. The lowest BCUT2D eigenvalue weighted by Gasteiger charge is -1.98. The first kappa shape index (κ1) is 13.1. The summed E-state index contributed by atoms with van der Waals surface area (Å²) < 4.78 is 2.06. The Balaban J connectivity index is 1.76. The van der Waals surface area contributed by atoms with E-state index in [0.29, 0.717) is 0 Å². The minimum atomic E-state index is 0.747. The molecule has 0 aliphatic carbocycles. The van der Waals surface area contributed by atoms with Crippen molar-refractivity contribution < 1.29 is 0 Å². The topological polar surface area (TPSA) is 17.3 Å². The molecule has 4 aromatic rings. The van der Waals surface area contributed by atoms with Gasteiger partial charge < -0.3 is 4.40 Å². The summed E-state index contributed by atoms with van der Waals surface area (Å²) in [7, 11) is 0. The highest BCUT2D eigenvalue weighted by atomic mass is 35.5. The Morgan fingerprint density at radius 1 is 0.909 bits per heavy atom. The fraction of sp³-hybridized carbons (Fsp3) is 0. The number of imidazole rings is 1. The van der Waals surface area contributed by atoms with Gasteiger partial charge in [0.05, 0.1) is 5.69 Å². The van der Waals surface area contributed by atoms with Crippen LogP contribution in [0, 0.1) is 0 Å². The molecule has 106 valence electrons. The van der Waals surface area contributed by atoms with Crippen molar-refractivity contribution in [3.8, 4) is 0 Å². The summed E-state index contributed by atoms with van der Waals surface area (Å²) in [6.07, 6.45) is 8.14. The highest BCUT2D eigenvalue weighted by molar-refractivity contribution is 6.30. The van der Waals surface area contributed by atoms with Crippen molar-refractivity contribution in [3.05, 3.63) is 83.3 Å². The lowest BCUT2D eigenvalue weighted by atomic mass is 10.2. The van der Waals surface area contributed by atoms with Crippen LogP contribution in [-0.2, 0) is 0 Å². The summed E-state index contributed by atoms with van der Waals surface area (Å²) in [5.41, 5.74) is 3.02. The zero-order chi connectivity index (χ0) is 14.9. The third-order valence-corrected chi connectivity index (χ3v) is 3.94. The lowest BCUT2D eigenvalue weighted by Crippen LogP contribution is -1.83. The van der Waals surface area contributed by atoms with Gasteiger partial charge in [0, 0.05) is 22.8 Å². The van der Waals surface area contributed by atoms with Gasteiger partial charge in [0.15, 0.2) is 0 Å². The van der Waals surface area contributed by atoms with Crippen molar-refractivity contribution in [1.82, 2.24) is 9.38 Å². The fourth-order valence-corrected chi connectivity index (χ4v) is 2.69. The third-order valence-electron chi connectivity index (χ3n) is 3.68. The van der Waals surface area contributed by atoms with Gasteiger partial charge in [0.1, 0.15) is 5.65 Å². The molecule has 0 atom stereocenters. The average Bonchev–Trinajstić information content (AvgIpc) is 2.98. The molecule has 2 aromatic carbocycles. The number of pyridine rings is 1. The Labute approximate surface area is 133 Å². The van der Waals surface area contributed by atoms with E-state index in [4.69, 9.17) is 16.6 Å². The van der Waals surface area contributed by atoms with E-state index in [1.54, 1.807) is 0 Å². The summed E-state index contributed by atoms with van der Waals surface area (Å²) in [5.74, 6) is 0. The van der Waals surface area contributed by atoms with Crippen molar-refractivity contribution in [2.45, 2.75) is 0 Å². The second-order valence-electron chi connectivity index (χ2n) is 5.18. The first-order chi connectivity index (χ1) is 10.8. The first-order valence-corrected chi connectivity index (χ1v) is 7.47. The smallest absolute Gasteiger partial charge is 0.145 e. The Morgan fingerprint density at radius 3 is 2.59 bits per heavy atom. The molecule has 0 amide bonds. The number of hydrogen-bond donors (Lipinski definition) is 0. The summed E-state index contributed by atoms with van der Waals surface area (Å²) in [6, 6.07) is 18.2. The van der Waals surface area contributed by atoms with E-state index in [-0.39, 0.29) is 0 Å². The quantitative estimate of drug-likeness (QED) is 0.490. The highest BCUT2D eigenvalue weighted by Gasteiger charge is 2.03. The number of aromatic nitrogens is 2. The number of halogens is 1. The Kier molecular flexibility index (Phi) is 3.17. The summed E-state index contributed by atoms with van der Waals surface area (Å²) >= 11 is 5.90. The van der Waals surface area contributed by atoms with Crippen LogP contribution in [0.1, 0.15) is 11.3 Å². The predicted molar refractivity (Wildman–Crippen MR) is 93.1 cm³/mol. The van der Waals surface area contributed by atoms with Crippen LogP contribution >= 0.6 is 11.6 Å². The Morgan fingerprint density at radius 2 is 1.73 bits per heavy atom. The number of rotatable bonds is 2. The van der Waals surface area contributed by atoms with Crippen LogP contribution in [0.4, 0.5) is 0 Å². The molecule has 2 nitrogen and oxygen atoms in total. The fourth-order valence-electron chi connectivity index (χ4n) is 2.57. The second-order valence-corrected chi connectivity index (χ2v) is 5.62. The molecule has 0 saturated carbocycles. The van der Waals surface area contributed by atoms with Crippen molar-refractivity contribution in [3.63, 3.8) is 0 Å². The van der Waals surface area contributed by atoms with Crippen LogP contribution in [0.3, 0.4) is 0 Å². The van der Waals surface area contributed by atoms with Crippen LogP contribution in [0.25, 0.3) is 28.6 Å². The molecule has 0 spiro atoms. The van der Waals surface area contributed by atoms with Crippen molar-refractivity contribution in [2.24, 2.45) is 0 Å². The molecule has 4 rings (SSSR count). The molecule has 2 aromatic heterocycles. The molecule has 0 fully saturated rings. The van der Waals surface area contributed by atoms with E-state index < -0.39 is 0 Å². The van der Waals surface area contributed by atoms with E-state index in [2.05, 4.69) is 22.6 Å². The second kappa shape index (κ2) is 5.32.